The van der Waals surface area contributed by atoms with Crippen LogP contribution in [0.15, 0.2) is 24.3 Å². The normalized spacial score (nSPS) is 18.3. The van der Waals surface area contributed by atoms with Crippen LogP contribution in [-0.4, -0.2) is 29.3 Å². The molecule has 1 heterocycles. The SMILES string of the molecule is CCC1CCCCN1C(=O)C(C)(C)C(=O)NCc1ccc(C)cc1. The highest BCUT2D eigenvalue weighted by atomic mass is 16.2. The summed E-state index contributed by atoms with van der Waals surface area (Å²) in [6.45, 7) is 8.84. The third-order valence-electron chi connectivity index (χ3n) is 5.04. The van der Waals surface area contributed by atoms with Gasteiger partial charge in [0.1, 0.15) is 5.41 Å². The lowest BCUT2D eigenvalue weighted by atomic mass is 9.87. The smallest absolute Gasteiger partial charge is 0.237 e. The molecule has 1 aliphatic rings. The molecule has 1 N–H and O–H groups in total. The maximum absolute atomic E-state index is 13.0. The van der Waals surface area contributed by atoms with E-state index >= 15 is 0 Å². The summed E-state index contributed by atoms with van der Waals surface area (Å²) in [7, 11) is 0. The second-order valence-corrected chi connectivity index (χ2v) is 7.35. The number of nitrogens with zero attached hydrogens (tertiary/aromatic N) is 1. The lowest BCUT2D eigenvalue weighted by Crippen LogP contribution is -2.53. The monoisotopic (exact) mass is 330 g/mol. The Labute approximate surface area is 145 Å². The molecule has 4 nitrogen and oxygen atoms in total. The number of hydrogen-bond acceptors (Lipinski definition) is 2. The summed E-state index contributed by atoms with van der Waals surface area (Å²) in [5.41, 5.74) is 1.20. The Kier molecular flexibility index (Phi) is 6.03. The minimum absolute atomic E-state index is 0.0459. The van der Waals surface area contributed by atoms with E-state index in [1.165, 1.54) is 12.0 Å². The van der Waals surface area contributed by atoms with E-state index in [2.05, 4.69) is 12.2 Å². The van der Waals surface area contributed by atoms with Crippen LogP contribution in [0.5, 0.6) is 0 Å². The van der Waals surface area contributed by atoms with Gasteiger partial charge in [-0.05, 0) is 52.0 Å². The second kappa shape index (κ2) is 7.82. The van der Waals surface area contributed by atoms with Crippen molar-refractivity contribution in [3.63, 3.8) is 0 Å². The minimum atomic E-state index is -1.03. The molecule has 1 atom stereocenters. The predicted molar refractivity (Wildman–Crippen MR) is 96.4 cm³/mol. The molecule has 4 heteroatoms. The molecular formula is C20H30N2O2. The molecule has 2 amide bonds. The zero-order chi connectivity index (χ0) is 17.7. The number of aryl methyl sites for hydroxylation is 1. The fourth-order valence-corrected chi connectivity index (χ4v) is 3.26. The first kappa shape index (κ1) is 18.5. The average molecular weight is 330 g/mol. The lowest BCUT2D eigenvalue weighted by molar-refractivity contribution is -0.151. The molecule has 0 aromatic heterocycles. The summed E-state index contributed by atoms with van der Waals surface area (Å²) in [6, 6.07) is 8.33. The van der Waals surface area contributed by atoms with Crippen molar-refractivity contribution < 1.29 is 9.59 Å². The van der Waals surface area contributed by atoms with Crippen LogP contribution >= 0.6 is 0 Å². The summed E-state index contributed by atoms with van der Waals surface area (Å²) in [4.78, 5) is 27.5. The van der Waals surface area contributed by atoms with Crippen LogP contribution < -0.4 is 5.32 Å². The highest BCUT2D eigenvalue weighted by Gasteiger charge is 2.41. The van der Waals surface area contributed by atoms with Gasteiger partial charge in [-0.3, -0.25) is 9.59 Å². The Morgan fingerprint density at radius 2 is 1.88 bits per heavy atom. The van der Waals surface area contributed by atoms with E-state index in [-0.39, 0.29) is 17.9 Å². The molecule has 0 saturated carbocycles. The van der Waals surface area contributed by atoms with Crippen LogP contribution in [0.2, 0.25) is 0 Å². The standard InChI is InChI=1S/C20H30N2O2/c1-5-17-8-6-7-13-22(17)19(24)20(3,4)18(23)21-14-16-11-9-15(2)10-12-16/h9-12,17H,5-8,13-14H2,1-4H3,(H,21,23). The molecule has 0 radical (unpaired) electrons. The van der Waals surface area contributed by atoms with E-state index in [9.17, 15) is 9.59 Å². The van der Waals surface area contributed by atoms with Gasteiger partial charge in [0.2, 0.25) is 11.8 Å². The van der Waals surface area contributed by atoms with Crippen molar-refractivity contribution in [2.75, 3.05) is 6.54 Å². The van der Waals surface area contributed by atoms with Crippen molar-refractivity contribution in [2.45, 2.75) is 66.0 Å². The molecule has 1 aromatic rings. The Balaban J connectivity index is 2.00. The van der Waals surface area contributed by atoms with Crippen LogP contribution in [0.1, 0.15) is 57.6 Å². The molecule has 24 heavy (non-hydrogen) atoms. The Morgan fingerprint density at radius 1 is 1.21 bits per heavy atom. The zero-order valence-electron chi connectivity index (χ0n) is 15.4. The molecular weight excluding hydrogens is 300 g/mol. The maximum atomic E-state index is 13.0. The summed E-state index contributed by atoms with van der Waals surface area (Å²) < 4.78 is 0. The van der Waals surface area contributed by atoms with Crippen molar-refractivity contribution in [3.8, 4) is 0 Å². The van der Waals surface area contributed by atoms with Crippen molar-refractivity contribution in [2.24, 2.45) is 5.41 Å². The number of carbonyl (C=O) groups excluding carboxylic acids is 2. The molecule has 1 saturated heterocycles. The van der Waals surface area contributed by atoms with Crippen LogP contribution in [0.4, 0.5) is 0 Å². The van der Waals surface area contributed by atoms with Crippen molar-refractivity contribution in [3.05, 3.63) is 35.4 Å². The molecule has 0 spiro atoms. The topological polar surface area (TPSA) is 49.4 Å². The van der Waals surface area contributed by atoms with Gasteiger partial charge in [-0.15, -0.1) is 0 Å². The fraction of sp³-hybridized carbons (Fsp3) is 0.600. The summed E-state index contributed by atoms with van der Waals surface area (Å²) in [6.07, 6.45) is 4.20. The molecule has 1 aromatic carbocycles. The van der Waals surface area contributed by atoms with Crippen molar-refractivity contribution >= 4 is 11.8 Å². The minimum Gasteiger partial charge on any atom is -0.351 e. The number of amides is 2. The zero-order valence-corrected chi connectivity index (χ0v) is 15.4. The fourth-order valence-electron chi connectivity index (χ4n) is 3.26. The average Bonchev–Trinajstić information content (AvgIpc) is 2.60. The first-order chi connectivity index (χ1) is 11.4. The van der Waals surface area contributed by atoms with Crippen LogP contribution in [0.3, 0.4) is 0 Å². The molecule has 1 fully saturated rings. The summed E-state index contributed by atoms with van der Waals surface area (Å²) >= 11 is 0. The van der Waals surface area contributed by atoms with E-state index in [4.69, 9.17) is 0 Å². The third-order valence-corrected chi connectivity index (χ3v) is 5.04. The second-order valence-electron chi connectivity index (χ2n) is 7.35. The highest BCUT2D eigenvalue weighted by Crippen LogP contribution is 2.27. The number of benzene rings is 1. The number of piperidine rings is 1. The molecule has 1 unspecified atom stereocenters. The van der Waals surface area contributed by atoms with Crippen LogP contribution in [-0.2, 0) is 16.1 Å². The lowest BCUT2D eigenvalue weighted by Gasteiger charge is -2.39. The van der Waals surface area contributed by atoms with E-state index in [1.807, 2.05) is 36.1 Å². The Morgan fingerprint density at radius 3 is 2.50 bits per heavy atom. The van der Waals surface area contributed by atoms with Gasteiger partial charge < -0.3 is 10.2 Å². The van der Waals surface area contributed by atoms with E-state index in [0.717, 1.165) is 31.4 Å². The quantitative estimate of drug-likeness (QED) is 0.841. The first-order valence-electron chi connectivity index (χ1n) is 9.01. The number of rotatable bonds is 5. The predicted octanol–water partition coefficient (Wildman–Crippen LogP) is 3.43. The van der Waals surface area contributed by atoms with Crippen LogP contribution in [0, 0.1) is 12.3 Å². The van der Waals surface area contributed by atoms with E-state index in [0.29, 0.717) is 6.54 Å². The number of carbonyl (C=O) groups is 2. The van der Waals surface area contributed by atoms with Gasteiger partial charge in [-0.1, -0.05) is 36.8 Å². The summed E-state index contributed by atoms with van der Waals surface area (Å²) in [5.74, 6) is -0.246. The Bertz CT molecular complexity index is 578. The number of nitrogens with one attached hydrogen (secondary N) is 1. The number of hydrogen-bond donors (Lipinski definition) is 1. The first-order valence-corrected chi connectivity index (χ1v) is 9.01. The van der Waals surface area contributed by atoms with E-state index in [1.54, 1.807) is 13.8 Å². The molecule has 2 rings (SSSR count). The molecule has 0 bridgehead atoms. The van der Waals surface area contributed by atoms with Gasteiger partial charge in [-0.25, -0.2) is 0 Å². The Hall–Kier alpha value is -1.84. The van der Waals surface area contributed by atoms with Crippen LogP contribution in [0.25, 0.3) is 0 Å². The van der Waals surface area contributed by atoms with Gasteiger partial charge >= 0.3 is 0 Å². The van der Waals surface area contributed by atoms with E-state index < -0.39 is 5.41 Å². The van der Waals surface area contributed by atoms with Gasteiger partial charge in [0.25, 0.3) is 0 Å². The van der Waals surface area contributed by atoms with Gasteiger partial charge in [0, 0.05) is 19.1 Å². The molecule has 0 aliphatic carbocycles. The highest BCUT2D eigenvalue weighted by molar-refractivity contribution is 6.04. The van der Waals surface area contributed by atoms with Gasteiger partial charge in [0.15, 0.2) is 0 Å². The van der Waals surface area contributed by atoms with Gasteiger partial charge in [-0.2, -0.15) is 0 Å². The molecule has 132 valence electrons. The van der Waals surface area contributed by atoms with Crippen molar-refractivity contribution in [1.82, 2.24) is 10.2 Å². The largest absolute Gasteiger partial charge is 0.351 e. The third kappa shape index (κ3) is 4.16. The number of likely N-dealkylation sites (tertiary alicyclic amines) is 1. The molecule has 1 aliphatic heterocycles. The summed E-state index contributed by atoms with van der Waals surface area (Å²) in [5, 5.41) is 2.93. The van der Waals surface area contributed by atoms with Gasteiger partial charge in [0.05, 0.1) is 0 Å². The maximum Gasteiger partial charge on any atom is 0.237 e. The van der Waals surface area contributed by atoms with Crippen molar-refractivity contribution in [1.29, 1.82) is 0 Å².